The molecule has 2 fully saturated rings. The van der Waals surface area contributed by atoms with Crippen LogP contribution in [0.5, 0.6) is 5.75 Å². The van der Waals surface area contributed by atoms with Gasteiger partial charge in [-0.15, -0.1) is 0 Å². The van der Waals surface area contributed by atoms with Gasteiger partial charge < -0.3 is 9.64 Å². The standard InChI is InChI=1S/C19H26N2O4/c1-3-16-18(21(23)24)17(13-7-5-4-6-8-13)20(19(16)22)14-9-11-15(25-2)12-10-14/h9-13,16-18H,3-8H2,1-2H3/t16-,17+,18-/m0/s1. The van der Waals surface area contributed by atoms with Crippen molar-refractivity contribution in [3.8, 4) is 5.75 Å². The lowest BCUT2D eigenvalue weighted by molar-refractivity contribution is -0.531. The highest BCUT2D eigenvalue weighted by Gasteiger charge is 2.57. The van der Waals surface area contributed by atoms with Gasteiger partial charge in [-0.05, 0) is 49.4 Å². The number of nitrogens with zero attached hydrogens (tertiary/aromatic N) is 2. The number of benzene rings is 1. The van der Waals surface area contributed by atoms with Gasteiger partial charge in [0.15, 0.2) is 0 Å². The number of carbonyl (C=O) groups is 1. The van der Waals surface area contributed by atoms with Crippen molar-refractivity contribution in [2.75, 3.05) is 12.0 Å². The summed E-state index contributed by atoms with van der Waals surface area (Å²) in [6.07, 6.45) is 5.79. The molecule has 1 saturated heterocycles. The second-order valence-electron chi connectivity index (χ2n) is 7.09. The van der Waals surface area contributed by atoms with E-state index in [1.54, 1.807) is 24.1 Å². The Morgan fingerprint density at radius 3 is 2.36 bits per heavy atom. The summed E-state index contributed by atoms with van der Waals surface area (Å²) >= 11 is 0. The third-order valence-corrected chi connectivity index (χ3v) is 5.78. The maximum absolute atomic E-state index is 13.0. The molecule has 0 spiro atoms. The van der Waals surface area contributed by atoms with Gasteiger partial charge in [-0.2, -0.15) is 0 Å². The molecule has 136 valence electrons. The van der Waals surface area contributed by atoms with Crippen LogP contribution in [0.2, 0.25) is 0 Å². The number of carbonyl (C=O) groups excluding carboxylic acids is 1. The molecule has 1 amide bonds. The summed E-state index contributed by atoms with van der Waals surface area (Å²) in [7, 11) is 1.59. The van der Waals surface area contributed by atoms with Crippen LogP contribution in [-0.2, 0) is 4.79 Å². The lowest BCUT2D eigenvalue weighted by Gasteiger charge is -2.34. The van der Waals surface area contributed by atoms with Crippen molar-refractivity contribution in [1.82, 2.24) is 0 Å². The number of rotatable bonds is 5. The fourth-order valence-corrected chi connectivity index (χ4v) is 4.56. The van der Waals surface area contributed by atoms with E-state index in [2.05, 4.69) is 0 Å². The number of hydrogen-bond donors (Lipinski definition) is 0. The van der Waals surface area contributed by atoms with E-state index in [0.29, 0.717) is 12.2 Å². The number of anilines is 1. The number of methoxy groups -OCH3 is 1. The zero-order chi connectivity index (χ0) is 18.0. The second-order valence-corrected chi connectivity index (χ2v) is 7.09. The minimum absolute atomic E-state index is 0.107. The highest BCUT2D eigenvalue weighted by atomic mass is 16.6. The van der Waals surface area contributed by atoms with E-state index in [1.165, 1.54) is 6.42 Å². The van der Waals surface area contributed by atoms with Gasteiger partial charge in [-0.1, -0.05) is 26.2 Å². The van der Waals surface area contributed by atoms with Gasteiger partial charge in [0.2, 0.25) is 11.9 Å². The SMILES string of the molecule is CC[C@@H]1C(=O)N(c2ccc(OC)cc2)[C@H](C2CCCCC2)[C@H]1[N+](=O)[O-]. The zero-order valence-corrected chi connectivity index (χ0v) is 14.9. The van der Waals surface area contributed by atoms with E-state index < -0.39 is 12.0 Å². The van der Waals surface area contributed by atoms with Gasteiger partial charge in [0.1, 0.15) is 17.7 Å². The maximum atomic E-state index is 13.0. The smallest absolute Gasteiger partial charge is 0.245 e. The van der Waals surface area contributed by atoms with Crippen molar-refractivity contribution in [3.05, 3.63) is 34.4 Å². The summed E-state index contributed by atoms with van der Waals surface area (Å²) in [5.41, 5.74) is 0.740. The van der Waals surface area contributed by atoms with Crippen molar-refractivity contribution >= 4 is 11.6 Å². The van der Waals surface area contributed by atoms with Crippen LogP contribution in [0.25, 0.3) is 0 Å². The Kier molecular flexibility index (Phi) is 5.25. The molecule has 1 aromatic rings. The van der Waals surface area contributed by atoms with Crippen LogP contribution in [0.15, 0.2) is 24.3 Å². The van der Waals surface area contributed by atoms with Crippen LogP contribution in [0.3, 0.4) is 0 Å². The highest BCUT2D eigenvalue weighted by molar-refractivity contribution is 5.99. The predicted molar refractivity (Wildman–Crippen MR) is 95.4 cm³/mol. The van der Waals surface area contributed by atoms with Crippen LogP contribution < -0.4 is 9.64 Å². The maximum Gasteiger partial charge on any atom is 0.245 e. The molecule has 6 nitrogen and oxygen atoms in total. The lowest BCUT2D eigenvalue weighted by atomic mass is 9.79. The molecule has 3 rings (SSSR count). The van der Waals surface area contributed by atoms with Gasteiger partial charge in [0, 0.05) is 10.6 Å². The second kappa shape index (κ2) is 7.42. The first-order valence-electron chi connectivity index (χ1n) is 9.19. The van der Waals surface area contributed by atoms with Crippen molar-refractivity contribution in [3.63, 3.8) is 0 Å². The van der Waals surface area contributed by atoms with Crippen molar-refractivity contribution in [1.29, 1.82) is 0 Å². The summed E-state index contributed by atoms with van der Waals surface area (Å²) in [5, 5.41) is 11.9. The largest absolute Gasteiger partial charge is 0.497 e. The Balaban J connectivity index is 2.01. The van der Waals surface area contributed by atoms with E-state index in [0.717, 1.165) is 31.4 Å². The molecule has 1 aliphatic heterocycles. The number of amides is 1. The molecular weight excluding hydrogens is 320 g/mol. The summed E-state index contributed by atoms with van der Waals surface area (Å²) in [6.45, 7) is 1.87. The molecule has 0 radical (unpaired) electrons. The highest BCUT2D eigenvalue weighted by Crippen LogP contribution is 2.42. The number of nitro groups is 1. The lowest BCUT2D eigenvalue weighted by Crippen LogP contribution is -2.46. The summed E-state index contributed by atoms with van der Waals surface area (Å²) < 4.78 is 5.19. The summed E-state index contributed by atoms with van der Waals surface area (Å²) in [6, 6.07) is 6.12. The van der Waals surface area contributed by atoms with Crippen LogP contribution >= 0.6 is 0 Å². The quantitative estimate of drug-likeness (QED) is 0.602. The number of ether oxygens (including phenoxy) is 1. The molecule has 0 unspecified atom stereocenters. The molecule has 2 aliphatic rings. The first kappa shape index (κ1) is 17.7. The van der Waals surface area contributed by atoms with Crippen LogP contribution in [0.1, 0.15) is 45.4 Å². The average molecular weight is 346 g/mol. The molecule has 25 heavy (non-hydrogen) atoms. The fourth-order valence-electron chi connectivity index (χ4n) is 4.56. The Bertz CT molecular complexity index is 625. The first-order valence-corrected chi connectivity index (χ1v) is 9.19. The molecular formula is C19H26N2O4. The van der Waals surface area contributed by atoms with Crippen LogP contribution in [0.4, 0.5) is 5.69 Å². The van der Waals surface area contributed by atoms with Crippen LogP contribution in [-0.4, -0.2) is 30.0 Å². The van der Waals surface area contributed by atoms with Gasteiger partial charge in [-0.25, -0.2) is 0 Å². The molecule has 1 aromatic carbocycles. The van der Waals surface area contributed by atoms with Gasteiger partial charge in [0.25, 0.3) is 0 Å². The van der Waals surface area contributed by atoms with E-state index in [9.17, 15) is 14.9 Å². The Morgan fingerprint density at radius 2 is 1.84 bits per heavy atom. The minimum atomic E-state index is -0.817. The van der Waals surface area contributed by atoms with Gasteiger partial charge >= 0.3 is 0 Å². The normalized spacial score (nSPS) is 27.5. The van der Waals surface area contributed by atoms with E-state index in [1.807, 2.05) is 19.1 Å². The van der Waals surface area contributed by atoms with Gasteiger partial charge in [0.05, 0.1) is 7.11 Å². The number of hydrogen-bond acceptors (Lipinski definition) is 4. The molecule has 0 bridgehead atoms. The molecule has 1 aliphatic carbocycles. The average Bonchev–Trinajstić information content (AvgIpc) is 2.95. The zero-order valence-electron chi connectivity index (χ0n) is 14.9. The molecule has 0 N–H and O–H groups in total. The fraction of sp³-hybridized carbons (Fsp3) is 0.632. The van der Waals surface area contributed by atoms with Crippen molar-refractivity contribution in [2.45, 2.75) is 57.5 Å². The molecule has 3 atom stereocenters. The summed E-state index contributed by atoms with van der Waals surface area (Å²) in [5.74, 6) is 0.267. The van der Waals surface area contributed by atoms with E-state index >= 15 is 0 Å². The Hall–Kier alpha value is -2.11. The van der Waals surface area contributed by atoms with E-state index in [-0.39, 0.29) is 22.8 Å². The summed E-state index contributed by atoms with van der Waals surface area (Å²) in [4.78, 5) is 26.4. The van der Waals surface area contributed by atoms with Crippen molar-refractivity contribution in [2.24, 2.45) is 11.8 Å². The van der Waals surface area contributed by atoms with Crippen molar-refractivity contribution < 1.29 is 14.5 Å². The topological polar surface area (TPSA) is 72.7 Å². The Morgan fingerprint density at radius 1 is 1.20 bits per heavy atom. The minimum Gasteiger partial charge on any atom is -0.497 e. The third-order valence-electron chi connectivity index (χ3n) is 5.78. The molecule has 0 aromatic heterocycles. The molecule has 1 saturated carbocycles. The Labute approximate surface area is 148 Å². The van der Waals surface area contributed by atoms with E-state index in [4.69, 9.17) is 4.74 Å². The molecule has 6 heteroatoms. The van der Waals surface area contributed by atoms with Gasteiger partial charge in [-0.3, -0.25) is 14.9 Å². The van der Waals surface area contributed by atoms with Crippen LogP contribution in [0, 0.1) is 22.0 Å². The predicted octanol–water partition coefficient (Wildman–Crippen LogP) is 3.66. The first-order chi connectivity index (χ1) is 12.1. The molecule has 1 heterocycles. The monoisotopic (exact) mass is 346 g/mol. The third kappa shape index (κ3) is 3.22.